The normalized spacial score (nSPS) is 13.8. The lowest BCUT2D eigenvalue weighted by Crippen LogP contribution is -2.34. The summed E-state index contributed by atoms with van der Waals surface area (Å²) in [7, 11) is -1.14. The van der Waals surface area contributed by atoms with Gasteiger partial charge in [-0.15, -0.1) is 0 Å². The molecule has 3 heteroatoms. The van der Waals surface area contributed by atoms with Gasteiger partial charge in [0.05, 0.1) is 14.4 Å². The molecule has 0 saturated heterocycles. The molecule has 0 spiro atoms. The van der Waals surface area contributed by atoms with Gasteiger partial charge in [0.25, 0.3) is 0 Å². The molecule has 0 aliphatic rings. The van der Waals surface area contributed by atoms with Gasteiger partial charge in [0, 0.05) is 18.1 Å². The van der Waals surface area contributed by atoms with E-state index in [0.717, 1.165) is 0 Å². The van der Waals surface area contributed by atoms with E-state index in [1.807, 2.05) is 12.5 Å². The molecule has 0 aliphatic carbocycles. The number of imidazole rings is 1. The van der Waals surface area contributed by atoms with Gasteiger partial charge in [0.2, 0.25) is 0 Å². The summed E-state index contributed by atoms with van der Waals surface area (Å²) in [5.41, 5.74) is 0.714. The van der Waals surface area contributed by atoms with Crippen LogP contribution >= 0.6 is 0 Å². The van der Waals surface area contributed by atoms with Crippen LogP contribution in [0, 0.1) is 0 Å². The first-order valence-electron chi connectivity index (χ1n) is 7.53. The topological polar surface area (TPSA) is 17.8 Å². The van der Waals surface area contributed by atoms with Gasteiger partial charge in [-0.05, 0) is 6.42 Å². The lowest BCUT2D eigenvalue weighted by Gasteiger charge is -2.30. The Bertz CT molecular complexity index is 301. The Labute approximate surface area is 114 Å². The van der Waals surface area contributed by atoms with Gasteiger partial charge in [-0.2, -0.15) is 0 Å². The standard InChI is InChI=1S/C15H30N2Si/c1-5-6-7-8-9-10-11-15(18(2,3)4)17-13-12-16-14-17/h12-15H,5-11H2,1-4H3. The highest BCUT2D eigenvalue weighted by Crippen LogP contribution is 2.26. The predicted molar refractivity (Wildman–Crippen MR) is 82.6 cm³/mol. The van der Waals surface area contributed by atoms with Crippen LogP contribution in [0.25, 0.3) is 0 Å². The third-order valence-corrected chi connectivity index (χ3v) is 6.30. The van der Waals surface area contributed by atoms with Gasteiger partial charge in [0.1, 0.15) is 0 Å². The van der Waals surface area contributed by atoms with E-state index >= 15 is 0 Å². The van der Waals surface area contributed by atoms with Crippen molar-refractivity contribution in [2.45, 2.75) is 77.2 Å². The van der Waals surface area contributed by atoms with Crippen LogP contribution in [0.4, 0.5) is 0 Å². The van der Waals surface area contributed by atoms with Crippen molar-refractivity contribution in [3.05, 3.63) is 18.7 Å². The number of rotatable bonds is 9. The van der Waals surface area contributed by atoms with E-state index in [0.29, 0.717) is 5.67 Å². The Morgan fingerprint density at radius 1 is 1.06 bits per heavy atom. The molecule has 1 unspecified atom stereocenters. The molecule has 0 saturated carbocycles. The van der Waals surface area contributed by atoms with Crippen molar-refractivity contribution in [1.29, 1.82) is 0 Å². The first-order valence-corrected chi connectivity index (χ1v) is 11.1. The smallest absolute Gasteiger partial charge is 0.0945 e. The maximum atomic E-state index is 4.21. The summed E-state index contributed by atoms with van der Waals surface area (Å²) >= 11 is 0. The molecule has 0 aromatic carbocycles. The van der Waals surface area contributed by atoms with Crippen LogP contribution in [0.1, 0.15) is 57.5 Å². The van der Waals surface area contributed by atoms with Crippen LogP contribution in [0.15, 0.2) is 18.7 Å². The number of hydrogen-bond acceptors (Lipinski definition) is 1. The van der Waals surface area contributed by atoms with Gasteiger partial charge < -0.3 is 4.57 Å². The van der Waals surface area contributed by atoms with E-state index in [1.54, 1.807) is 0 Å². The number of aromatic nitrogens is 2. The molecule has 2 nitrogen and oxygen atoms in total. The summed E-state index contributed by atoms with van der Waals surface area (Å²) < 4.78 is 2.35. The van der Waals surface area contributed by atoms with Crippen LogP contribution in [0.3, 0.4) is 0 Å². The van der Waals surface area contributed by atoms with E-state index in [2.05, 4.69) is 42.3 Å². The maximum Gasteiger partial charge on any atom is 0.0945 e. The number of nitrogens with zero attached hydrogens (tertiary/aromatic N) is 2. The van der Waals surface area contributed by atoms with Crippen molar-refractivity contribution in [3.63, 3.8) is 0 Å². The minimum atomic E-state index is -1.14. The summed E-state index contributed by atoms with van der Waals surface area (Å²) in [5.74, 6) is 0. The summed E-state index contributed by atoms with van der Waals surface area (Å²) in [4.78, 5) is 4.21. The van der Waals surface area contributed by atoms with Gasteiger partial charge in [-0.3, -0.25) is 0 Å². The van der Waals surface area contributed by atoms with Crippen molar-refractivity contribution in [1.82, 2.24) is 9.55 Å². The summed E-state index contributed by atoms with van der Waals surface area (Å²) in [6.07, 6.45) is 15.7. The Kier molecular flexibility index (Phi) is 6.69. The molecule has 0 fully saturated rings. The molecule has 1 aromatic heterocycles. The van der Waals surface area contributed by atoms with Crippen molar-refractivity contribution in [3.8, 4) is 0 Å². The first-order chi connectivity index (χ1) is 8.55. The highest BCUT2D eigenvalue weighted by Gasteiger charge is 2.27. The fraction of sp³-hybridized carbons (Fsp3) is 0.800. The van der Waals surface area contributed by atoms with Crippen LogP contribution in [-0.2, 0) is 0 Å². The Balaban J connectivity index is 2.35. The Morgan fingerprint density at radius 2 is 1.72 bits per heavy atom. The molecule has 0 bridgehead atoms. The second-order valence-corrected chi connectivity index (χ2v) is 11.8. The van der Waals surface area contributed by atoms with E-state index in [-0.39, 0.29) is 0 Å². The molecule has 0 radical (unpaired) electrons. The summed E-state index contributed by atoms with van der Waals surface area (Å²) in [5, 5.41) is 0. The zero-order chi connectivity index (χ0) is 13.4. The summed E-state index contributed by atoms with van der Waals surface area (Å²) in [6, 6.07) is 0. The molecule has 1 rings (SSSR count). The SMILES string of the molecule is CCCCCCCCC(n1ccnc1)[Si](C)(C)C. The number of hydrogen-bond donors (Lipinski definition) is 0. The van der Waals surface area contributed by atoms with Crippen molar-refractivity contribution < 1.29 is 0 Å². The van der Waals surface area contributed by atoms with Gasteiger partial charge in [-0.1, -0.05) is 65.1 Å². The molecule has 1 heterocycles. The fourth-order valence-electron chi connectivity index (χ4n) is 2.60. The molecule has 0 aliphatic heterocycles. The lowest BCUT2D eigenvalue weighted by molar-refractivity contribution is 0.523. The quantitative estimate of drug-likeness (QED) is 0.451. The molecular weight excluding hydrogens is 236 g/mol. The van der Waals surface area contributed by atoms with E-state index < -0.39 is 8.07 Å². The highest BCUT2D eigenvalue weighted by molar-refractivity contribution is 6.76. The zero-order valence-corrected chi connectivity index (χ0v) is 13.7. The molecule has 0 N–H and O–H groups in total. The Hall–Kier alpha value is -0.573. The van der Waals surface area contributed by atoms with Gasteiger partial charge in [0.15, 0.2) is 0 Å². The van der Waals surface area contributed by atoms with Gasteiger partial charge in [-0.25, -0.2) is 4.98 Å². The largest absolute Gasteiger partial charge is 0.337 e. The van der Waals surface area contributed by atoms with E-state index in [9.17, 15) is 0 Å². The van der Waals surface area contributed by atoms with Crippen LogP contribution in [-0.4, -0.2) is 17.6 Å². The fourth-order valence-corrected chi connectivity index (χ4v) is 4.72. The molecule has 18 heavy (non-hydrogen) atoms. The predicted octanol–water partition coefficient (Wildman–Crippen LogP) is 5.05. The zero-order valence-electron chi connectivity index (χ0n) is 12.7. The van der Waals surface area contributed by atoms with Crippen molar-refractivity contribution in [2.24, 2.45) is 0 Å². The molecule has 1 aromatic rings. The first kappa shape index (κ1) is 15.5. The second kappa shape index (κ2) is 7.77. The van der Waals surface area contributed by atoms with Crippen LogP contribution in [0.2, 0.25) is 19.6 Å². The van der Waals surface area contributed by atoms with E-state index in [1.165, 1.54) is 44.9 Å². The summed E-state index contributed by atoms with van der Waals surface area (Å²) in [6.45, 7) is 9.68. The minimum Gasteiger partial charge on any atom is -0.337 e. The molecule has 1 atom stereocenters. The van der Waals surface area contributed by atoms with Crippen molar-refractivity contribution >= 4 is 8.07 Å². The highest BCUT2D eigenvalue weighted by atomic mass is 28.3. The number of unbranched alkanes of at least 4 members (excludes halogenated alkanes) is 5. The monoisotopic (exact) mass is 266 g/mol. The van der Waals surface area contributed by atoms with Crippen LogP contribution in [0.5, 0.6) is 0 Å². The third kappa shape index (κ3) is 5.38. The van der Waals surface area contributed by atoms with Crippen molar-refractivity contribution in [2.75, 3.05) is 0 Å². The maximum absolute atomic E-state index is 4.21. The molecule has 104 valence electrons. The minimum absolute atomic E-state index is 0.714. The average Bonchev–Trinajstić information content (AvgIpc) is 2.79. The van der Waals surface area contributed by atoms with Gasteiger partial charge >= 0.3 is 0 Å². The molecular formula is C15H30N2Si. The Morgan fingerprint density at radius 3 is 2.28 bits per heavy atom. The molecule has 0 amide bonds. The second-order valence-electron chi connectivity index (χ2n) is 6.45. The average molecular weight is 267 g/mol. The van der Waals surface area contributed by atoms with Crippen LogP contribution < -0.4 is 0 Å². The van der Waals surface area contributed by atoms with E-state index in [4.69, 9.17) is 0 Å². The lowest BCUT2D eigenvalue weighted by atomic mass is 10.1. The third-order valence-electron chi connectivity index (χ3n) is 3.72.